The number of likely N-dealkylation sites (N-methyl/N-ethyl adjacent to an activating group) is 2. The third-order valence-corrected chi connectivity index (χ3v) is 12.4. The quantitative estimate of drug-likeness (QED) is 0.155. The fraction of sp³-hybridized carbons (Fsp3) is 0.591. The van der Waals surface area contributed by atoms with Gasteiger partial charge in [-0.1, -0.05) is 50.2 Å². The monoisotopic (exact) mass is 830 g/mol. The Kier molecular flexibility index (Phi) is 14.7. The Balaban J connectivity index is 1.16. The molecular formula is C44H62N8O8. The van der Waals surface area contributed by atoms with Crippen LogP contribution in [0.25, 0.3) is 11.1 Å². The third-order valence-electron chi connectivity index (χ3n) is 12.4. The number of fused-ring (bicyclic) bond motifs is 2. The lowest BCUT2D eigenvalue weighted by atomic mass is 9.90. The first kappa shape index (κ1) is 44.3. The van der Waals surface area contributed by atoms with Crippen LogP contribution in [0.4, 0.5) is 0 Å². The Bertz CT molecular complexity index is 1790. The second-order valence-electron chi connectivity index (χ2n) is 16.2. The number of likely N-dealkylation sites (tertiary alicyclic amines) is 2. The van der Waals surface area contributed by atoms with E-state index in [1.165, 1.54) is 0 Å². The molecule has 2 aromatic carbocycles. The minimum absolute atomic E-state index is 0.242. The van der Waals surface area contributed by atoms with Gasteiger partial charge in [-0.25, -0.2) is 0 Å². The molecule has 60 heavy (non-hydrogen) atoms. The largest absolute Gasteiger partial charge is 0.492 e. The number of amides is 6. The lowest BCUT2D eigenvalue weighted by Gasteiger charge is -2.33. The predicted molar refractivity (Wildman–Crippen MR) is 225 cm³/mol. The number of ether oxygens (including phenoxy) is 2. The van der Waals surface area contributed by atoms with E-state index in [0.29, 0.717) is 89.2 Å². The van der Waals surface area contributed by atoms with Gasteiger partial charge in [0.1, 0.15) is 35.7 Å². The molecule has 0 spiro atoms. The van der Waals surface area contributed by atoms with Crippen molar-refractivity contribution in [2.45, 2.75) is 127 Å². The van der Waals surface area contributed by atoms with Gasteiger partial charge in [0, 0.05) is 48.2 Å². The maximum atomic E-state index is 13.9. The van der Waals surface area contributed by atoms with Gasteiger partial charge in [-0.15, -0.1) is 0 Å². The summed E-state index contributed by atoms with van der Waals surface area (Å²) < 4.78 is 12.6. The van der Waals surface area contributed by atoms with Crippen molar-refractivity contribution in [2.24, 2.45) is 0 Å². The molecule has 2 fully saturated rings. The van der Waals surface area contributed by atoms with Crippen LogP contribution in [0.15, 0.2) is 36.4 Å². The molecular weight excluding hydrogens is 769 g/mol. The summed E-state index contributed by atoms with van der Waals surface area (Å²) in [6.07, 6.45) is 4.30. The molecule has 0 aromatic heterocycles. The molecule has 4 aliphatic heterocycles. The van der Waals surface area contributed by atoms with Gasteiger partial charge in [-0.05, 0) is 66.5 Å². The van der Waals surface area contributed by atoms with Crippen LogP contribution in [0, 0.1) is 0 Å². The van der Waals surface area contributed by atoms with Gasteiger partial charge >= 0.3 is 0 Å². The summed E-state index contributed by atoms with van der Waals surface area (Å²) in [6, 6.07) is 7.22. The lowest BCUT2D eigenvalue weighted by Crippen LogP contribution is -2.55. The average molecular weight is 831 g/mol. The normalized spacial score (nSPS) is 22.8. The predicted octanol–water partition coefficient (Wildman–Crippen LogP) is 2.22. The van der Waals surface area contributed by atoms with Crippen LogP contribution in [0.2, 0.25) is 0 Å². The van der Waals surface area contributed by atoms with Gasteiger partial charge in [-0.2, -0.15) is 0 Å². The van der Waals surface area contributed by atoms with E-state index in [-0.39, 0.29) is 47.5 Å². The van der Waals surface area contributed by atoms with Crippen LogP contribution in [-0.4, -0.2) is 122 Å². The van der Waals surface area contributed by atoms with Crippen LogP contribution < -0.4 is 41.4 Å². The van der Waals surface area contributed by atoms with Crippen molar-refractivity contribution < 1.29 is 38.2 Å². The Morgan fingerprint density at radius 2 is 1.03 bits per heavy atom. The summed E-state index contributed by atoms with van der Waals surface area (Å²) in [4.78, 5) is 83.6. The molecule has 8 atom stereocenters. The van der Waals surface area contributed by atoms with Crippen LogP contribution in [0.1, 0.15) is 102 Å². The second-order valence-corrected chi connectivity index (χ2v) is 16.2. The van der Waals surface area contributed by atoms with Gasteiger partial charge in [0.25, 0.3) is 0 Å². The Morgan fingerprint density at radius 1 is 0.633 bits per heavy atom. The molecule has 6 N–H and O–H groups in total. The summed E-state index contributed by atoms with van der Waals surface area (Å²) in [6.45, 7) is 8.72. The number of benzene rings is 2. The molecule has 0 radical (unpaired) electrons. The van der Waals surface area contributed by atoms with Crippen molar-refractivity contribution in [3.63, 3.8) is 0 Å². The van der Waals surface area contributed by atoms with Gasteiger partial charge < -0.3 is 51.2 Å². The third kappa shape index (κ3) is 9.39. The first-order valence-electron chi connectivity index (χ1n) is 21.6. The van der Waals surface area contributed by atoms with E-state index in [1.54, 1.807) is 37.7 Å². The van der Waals surface area contributed by atoms with Gasteiger partial charge in [0.15, 0.2) is 0 Å². The highest BCUT2D eigenvalue weighted by Gasteiger charge is 2.41. The highest BCUT2D eigenvalue weighted by molar-refractivity contribution is 5.95. The molecule has 0 unspecified atom stereocenters. The summed E-state index contributed by atoms with van der Waals surface area (Å²) in [5.74, 6) is -0.286. The van der Waals surface area contributed by atoms with Crippen LogP contribution in [0.3, 0.4) is 0 Å². The van der Waals surface area contributed by atoms with Gasteiger partial charge in [0.05, 0.1) is 37.4 Å². The number of hydrogen-bond donors (Lipinski definition) is 6. The first-order chi connectivity index (χ1) is 28.9. The summed E-state index contributed by atoms with van der Waals surface area (Å²) in [7, 11) is 3.37. The van der Waals surface area contributed by atoms with E-state index in [1.807, 2.05) is 50.2 Å². The number of carbonyl (C=O) groups is 6. The lowest BCUT2D eigenvalue weighted by molar-refractivity contribution is -0.142. The SMILES string of the molecule is CC[C@H](NC(=O)[C@H](C)NC)C(=O)N1CCC[C@H]1C(=O)N[C@@H]1CCOc2c(-c3cccc4c3OCC[C@H]4NC(=O)[C@@H]3CCCN3C(=O)[C@H](CC)NC(=O)[C@H](C)NC)cccc21. The van der Waals surface area contributed by atoms with Gasteiger partial charge in [0.2, 0.25) is 35.4 Å². The van der Waals surface area contributed by atoms with E-state index >= 15 is 0 Å². The molecule has 4 aliphatic rings. The molecule has 16 nitrogen and oxygen atoms in total. The number of rotatable bonds is 15. The maximum Gasteiger partial charge on any atom is 0.245 e. The molecule has 4 heterocycles. The van der Waals surface area contributed by atoms with Crippen molar-refractivity contribution in [1.82, 2.24) is 41.7 Å². The first-order valence-corrected chi connectivity index (χ1v) is 21.6. The summed E-state index contributed by atoms with van der Waals surface area (Å²) >= 11 is 0. The van der Waals surface area contributed by atoms with Crippen molar-refractivity contribution in [2.75, 3.05) is 40.4 Å². The number of para-hydroxylation sites is 2. The highest BCUT2D eigenvalue weighted by atomic mass is 16.5. The van der Waals surface area contributed by atoms with Crippen molar-refractivity contribution in [3.8, 4) is 22.6 Å². The van der Waals surface area contributed by atoms with Crippen molar-refractivity contribution in [3.05, 3.63) is 47.5 Å². The maximum absolute atomic E-state index is 13.9. The van der Waals surface area contributed by atoms with Crippen LogP contribution >= 0.6 is 0 Å². The number of nitrogens with zero attached hydrogens (tertiary/aromatic N) is 2. The number of hydrogen-bond acceptors (Lipinski definition) is 10. The molecule has 16 heteroatoms. The topological polar surface area (TPSA) is 200 Å². The fourth-order valence-corrected chi connectivity index (χ4v) is 8.65. The standard InChI is InChI=1S/C44H62N8O8/c1-7-31(47-39(53)25(3)45-5)43(57)51-21-11-17-35(51)41(55)49-33-19-23-59-37-27(13-9-15-29(33)37)28-14-10-16-30-34(20-24-60-38(28)30)50-42(56)36-18-12-22-52(36)44(58)32(8-2)48-40(54)26(4)46-6/h9-10,13-16,25-26,31-36,45-46H,7-8,11-12,17-24H2,1-6H3,(H,47,53)(H,48,54)(H,49,55)(H,50,56)/t25-,26-,31-,32-,33+,34+,35-,36-/m0/s1. The average Bonchev–Trinajstić information content (AvgIpc) is 3.97. The van der Waals surface area contributed by atoms with E-state index in [0.717, 1.165) is 22.3 Å². The zero-order valence-electron chi connectivity index (χ0n) is 35.7. The number of nitrogens with one attached hydrogen (secondary N) is 6. The van der Waals surface area contributed by atoms with Crippen molar-refractivity contribution >= 4 is 35.4 Å². The molecule has 326 valence electrons. The minimum Gasteiger partial charge on any atom is -0.492 e. The zero-order valence-corrected chi connectivity index (χ0v) is 35.7. The van der Waals surface area contributed by atoms with E-state index < -0.39 is 36.3 Å². The van der Waals surface area contributed by atoms with Crippen LogP contribution in [-0.2, 0) is 28.8 Å². The molecule has 2 aromatic rings. The molecule has 0 aliphatic carbocycles. The Morgan fingerprint density at radius 3 is 1.40 bits per heavy atom. The van der Waals surface area contributed by atoms with Crippen molar-refractivity contribution in [1.29, 1.82) is 0 Å². The molecule has 6 amide bonds. The van der Waals surface area contributed by atoms with Gasteiger partial charge in [-0.3, -0.25) is 28.8 Å². The molecule has 6 rings (SSSR count). The zero-order chi connectivity index (χ0) is 43.1. The van der Waals surface area contributed by atoms with E-state index in [9.17, 15) is 28.8 Å². The molecule has 0 bridgehead atoms. The Labute approximate surface area is 352 Å². The smallest absolute Gasteiger partial charge is 0.245 e. The molecule has 2 saturated heterocycles. The summed E-state index contributed by atoms with van der Waals surface area (Å²) in [5, 5.41) is 17.9. The number of carbonyl (C=O) groups excluding carboxylic acids is 6. The van der Waals surface area contributed by atoms with E-state index in [4.69, 9.17) is 9.47 Å². The minimum atomic E-state index is -0.729. The van der Waals surface area contributed by atoms with E-state index in [2.05, 4.69) is 31.9 Å². The van der Waals surface area contributed by atoms with Crippen LogP contribution in [0.5, 0.6) is 11.5 Å². The fourth-order valence-electron chi connectivity index (χ4n) is 8.65. The molecule has 0 saturated carbocycles. The highest BCUT2D eigenvalue weighted by Crippen LogP contribution is 2.46. The summed E-state index contributed by atoms with van der Waals surface area (Å²) in [5.41, 5.74) is 3.21. The Hall–Kier alpha value is -5.22. The second kappa shape index (κ2) is 19.9.